The summed E-state index contributed by atoms with van der Waals surface area (Å²) in [7, 11) is 0. The van der Waals surface area contributed by atoms with E-state index in [0.29, 0.717) is 12.0 Å². The number of nitrogens with one attached hydrogen (secondary N) is 1. The lowest BCUT2D eigenvalue weighted by molar-refractivity contribution is -0.125. The van der Waals surface area contributed by atoms with Gasteiger partial charge < -0.3 is 11.1 Å². The van der Waals surface area contributed by atoms with Gasteiger partial charge in [-0.25, -0.2) is 0 Å². The normalized spacial score (nSPS) is 30.7. The van der Waals surface area contributed by atoms with Crippen molar-refractivity contribution in [1.29, 1.82) is 0 Å². The van der Waals surface area contributed by atoms with Gasteiger partial charge in [-0.05, 0) is 31.6 Å². The van der Waals surface area contributed by atoms with Crippen LogP contribution in [0.3, 0.4) is 0 Å². The molecule has 0 aromatic rings. The molecule has 2 fully saturated rings. The van der Waals surface area contributed by atoms with Crippen LogP contribution in [0.1, 0.15) is 64.2 Å². The van der Waals surface area contributed by atoms with Crippen molar-refractivity contribution in [2.45, 2.75) is 70.3 Å². The molecule has 0 aromatic carbocycles. The van der Waals surface area contributed by atoms with Gasteiger partial charge >= 0.3 is 0 Å². The molecule has 3 N–H and O–H groups in total. The second kappa shape index (κ2) is 7.13. The summed E-state index contributed by atoms with van der Waals surface area (Å²) in [5.74, 6) is 1.07. The maximum atomic E-state index is 12.1. The van der Waals surface area contributed by atoms with Gasteiger partial charge in [-0.2, -0.15) is 0 Å². The fourth-order valence-corrected chi connectivity index (χ4v) is 3.41. The minimum atomic E-state index is 0.271. The minimum absolute atomic E-state index is 0.271. The molecule has 0 saturated heterocycles. The third kappa shape index (κ3) is 3.98. The van der Waals surface area contributed by atoms with Crippen LogP contribution in [0.15, 0.2) is 0 Å². The zero-order valence-corrected chi connectivity index (χ0v) is 11.5. The Bertz CT molecular complexity index is 259. The average Bonchev–Trinajstić information content (AvgIpc) is 2.66. The van der Waals surface area contributed by atoms with Crippen LogP contribution < -0.4 is 11.1 Å². The predicted octanol–water partition coefficient (Wildman–Crippen LogP) is 2.59. The summed E-state index contributed by atoms with van der Waals surface area (Å²) in [6.45, 7) is 0.802. The first-order valence-electron chi connectivity index (χ1n) is 7.80. The van der Waals surface area contributed by atoms with Gasteiger partial charge in [0.05, 0.1) is 0 Å². The van der Waals surface area contributed by atoms with E-state index in [1.54, 1.807) is 0 Å². The lowest BCUT2D eigenvalue weighted by Crippen LogP contribution is -2.42. The summed E-state index contributed by atoms with van der Waals surface area (Å²) in [5, 5.41) is 3.16. The van der Waals surface area contributed by atoms with Crippen molar-refractivity contribution < 1.29 is 4.79 Å². The summed E-state index contributed by atoms with van der Waals surface area (Å²) < 4.78 is 0. The van der Waals surface area contributed by atoms with Crippen molar-refractivity contribution in [2.75, 3.05) is 6.54 Å². The Morgan fingerprint density at radius 3 is 2.22 bits per heavy atom. The first kappa shape index (κ1) is 13.9. The first-order valence-corrected chi connectivity index (χ1v) is 7.80. The number of hydrogen-bond donors (Lipinski definition) is 2. The first-order chi connectivity index (χ1) is 8.77. The molecule has 2 atom stereocenters. The molecule has 104 valence electrons. The van der Waals surface area contributed by atoms with Crippen molar-refractivity contribution in [2.24, 2.45) is 17.6 Å². The van der Waals surface area contributed by atoms with Gasteiger partial charge in [0.2, 0.25) is 5.91 Å². The van der Waals surface area contributed by atoms with Gasteiger partial charge in [0.15, 0.2) is 0 Å². The summed E-state index contributed by atoms with van der Waals surface area (Å²) in [4.78, 5) is 12.1. The molecule has 0 bridgehead atoms. The lowest BCUT2D eigenvalue weighted by Gasteiger charge is -2.29. The molecule has 18 heavy (non-hydrogen) atoms. The highest BCUT2D eigenvalue weighted by atomic mass is 16.1. The largest absolute Gasteiger partial charge is 0.356 e. The van der Waals surface area contributed by atoms with Gasteiger partial charge in [-0.3, -0.25) is 4.79 Å². The Morgan fingerprint density at radius 2 is 1.56 bits per heavy atom. The van der Waals surface area contributed by atoms with Crippen LogP contribution in [-0.4, -0.2) is 18.5 Å². The highest BCUT2D eigenvalue weighted by Crippen LogP contribution is 2.24. The molecule has 2 saturated carbocycles. The second-order valence-electron chi connectivity index (χ2n) is 6.14. The van der Waals surface area contributed by atoms with Gasteiger partial charge in [0.25, 0.3) is 0 Å². The molecular formula is C15H28N2O. The van der Waals surface area contributed by atoms with E-state index in [4.69, 9.17) is 5.73 Å². The van der Waals surface area contributed by atoms with Crippen molar-refractivity contribution in [3.8, 4) is 0 Å². The molecule has 2 rings (SSSR count). The zero-order valence-electron chi connectivity index (χ0n) is 11.5. The fourth-order valence-electron chi connectivity index (χ4n) is 3.41. The third-order valence-corrected chi connectivity index (χ3v) is 4.73. The standard InChI is InChI=1S/C15H28N2O/c16-14-10-6-5-9-13(14)11-17-15(18)12-7-3-1-2-4-8-12/h12-14H,1-11,16H2,(H,17,18). The number of amides is 1. The van der Waals surface area contributed by atoms with Gasteiger partial charge in [-0.15, -0.1) is 0 Å². The minimum Gasteiger partial charge on any atom is -0.356 e. The smallest absolute Gasteiger partial charge is 0.223 e. The molecular weight excluding hydrogens is 224 g/mol. The molecule has 0 aliphatic heterocycles. The predicted molar refractivity (Wildman–Crippen MR) is 74.1 cm³/mol. The van der Waals surface area contributed by atoms with E-state index in [0.717, 1.165) is 25.8 Å². The van der Waals surface area contributed by atoms with Gasteiger partial charge in [0, 0.05) is 18.5 Å². The number of hydrogen-bond acceptors (Lipinski definition) is 2. The second-order valence-corrected chi connectivity index (χ2v) is 6.14. The van der Waals surface area contributed by atoms with E-state index in [2.05, 4.69) is 5.32 Å². The van der Waals surface area contributed by atoms with Gasteiger partial charge in [0.1, 0.15) is 0 Å². The molecule has 0 radical (unpaired) electrons. The molecule has 1 amide bonds. The molecule has 0 aromatic heterocycles. The van der Waals surface area contributed by atoms with Crippen molar-refractivity contribution in [3.63, 3.8) is 0 Å². The average molecular weight is 252 g/mol. The topological polar surface area (TPSA) is 55.1 Å². The molecule has 0 heterocycles. The van der Waals surface area contributed by atoms with Crippen LogP contribution in [-0.2, 0) is 4.79 Å². The molecule has 3 heteroatoms. The monoisotopic (exact) mass is 252 g/mol. The maximum Gasteiger partial charge on any atom is 0.223 e. The van der Waals surface area contributed by atoms with Crippen LogP contribution in [0.5, 0.6) is 0 Å². The maximum absolute atomic E-state index is 12.1. The van der Waals surface area contributed by atoms with E-state index in [1.165, 1.54) is 44.9 Å². The quantitative estimate of drug-likeness (QED) is 0.759. The Morgan fingerprint density at radius 1 is 0.944 bits per heavy atom. The van der Waals surface area contributed by atoms with Crippen molar-refractivity contribution in [3.05, 3.63) is 0 Å². The molecule has 2 aliphatic carbocycles. The number of carbonyl (C=O) groups excluding carboxylic acids is 1. The third-order valence-electron chi connectivity index (χ3n) is 4.73. The Labute approximate surface area is 111 Å². The molecule has 2 aliphatic rings. The van der Waals surface area contributed by atoms with Crippen LogP contribution >= 0.6 is 0 Å². The van der Waals surface area contributed by atoms with Crippen LogP contribution in [0.4, 0.5) is 0 Å². The highest BCUT2D eigenvalue weighted by molar-refractivity contribution is 5.78. The summed E-state index contributed by atoms with van der Waals surface area (Å²) in [6, 6.07) is 0.299. The molecule has 2 unspecified atom stereocenters. The molecule has 3 nitrogen and oxygen atoms in total. The highest BCUT2D eigenvalue weighted by Gasteiger charge is 2.24. The van der Waals surface area contributed by atoms with Crippen molar-refractivity contribution >= 4 is 5.91 Å². The van der Waals surface area contributed by atoms with E-state index < -0.39 is 0 Å². The summed E-state index contributed by atoms with van der Waals surface area (Å²) in [6.07, 6.45) is 12.1. The summed E-state index contributed by atoms with van der Waals surface area (Å²) >= 11 is 0. The van der Waals surface area contributed by atoms with Crippen molar-refractivity contribution in [1.82, 2.24) is 5.32 Å². The SMILES string of the molecule is NC1CCCCC1CNC(=O)C1CCCCCC1. The Hall–Kier alpha value is -0.570. The number of carbonyl (C=O) groups is 1. The number of nitrogens with two attached hydrogens (primary N) is 1. The van der Waals surface area contributed by atoms with E-state index in [1.807, 2.05) is 0 Å². The molecule has 0 spiro atoms. The fraction of sp³-hybridized carbons (Fsp3) is 0.933. The summed E-state index contributed by atoms with van der Waals surface area (Å²) in [5.41, 5.74) is 6.12. The van der Waals surface area contributed by atoms with Crippen LogP contribution in [0.25, 0.3) is 0 Å². The van der Waals surface area contributed by atoms with E-state index in [9.17, 15) is 4.79 Å². The zero-order chi connectivity index (χ0) is 12.8. The Balaban J connectivity index is 1.72. The van der Waals surface area contributed by atoms with E-state index in [-0.39, 0.29) is 11.8 Å². The van der Waals surface area contributed by atoms with Crippen LogP contribution in [0, 0.1) is 11.8 Å². The van der Waals surface area contributed by atoms with E-state index >= 15 is 0 Å². The van der Waals surface area contributed by atoms with Crippen LogP contribution in [0.2, 0.25) is 0 Å². The van der Waals surface area contributed by atoms with Gasteiger partial charge in [-0.1, -0.05) is 38.5 Å². The Kier molecular flexibility index (Phi) is 5.48. The lowest BCUT2D eigenvalue weighted by atomic mass is 9.85. The number of rotatable bonds is 3.